The van der Waals surface area contributed by atoms with Crippen molar-refractivity contribution in [3.8, 4) is 0 Å². The van der Waals surface area contributed by atoms with Crippen LogP contribution in [-0.2, 0) is 0 Å². The normalized spacial score (nSPS) is 12.4. The molecule has 0 N–H and O–H groups in total. The van der Waals surface area contributed by atoms with Crippen LogP contribution in [0.3, 0.4) is 0 Å². The summed E-state index contributed by atoms with van der Waals surface area (Å²) in [6, 6.07) is 0. The molecule has 1 unspecified atom stereocenters. The molecule has 0 spiro atoms. The number of rotatable bonds is 32. The second kappa shape index (κ2) is 33.0. The Morgan fingerprint density at radius 1 is 0.361 bits per heavy atom. The molecule has 217 valence electrons. The quantitative estimate of drug-likeness (QED) is 0.0797. The molecule has 0 bridgehead atoms. The lowest BCUT2D eigenvalue weighted by Crippen LogP contribution is -1.95. The highest BCUT2D eigenvalue weighted by Crippen LogP contribution is 2.19. The lowest BCUT2D eigenvalue weighted by atomic mass is 9.95. The average molecular weight is 506 g/mol. The SMILES string of the molecule is CCCCCCCCCCCCCCCCC[CH]CC(C)CCCCCCCCCCCCCCC. The Bertz CT molecular complexity index is 359. The van der Waals surface area contributed by atoms with Gasteiger partial charge in [-0.25, -0.2) is 0 Å². The maximum atomic E-state index is 2.61. The summed E-state index contributed by atoms with van der Waals surface area (Å²) in [5.74, 6) is 0.911. The molecule has 0 aromatic heterocycles. The van der Waals surface area contributed by atoms with Crippen LogP contribution in [-0.4, -0.2) is 0 Å². The Labute approximate surface area is 232 Å². The van der Waals surface area contributed by atoms with Gasteiger partial charge >= 0.3 is 0 Å². The van der Waals surface area contributed by atoms with Crippen molar-refractivity contribution < 1.29 is 0 Å². The van der Waals surface area contributed by atoms with Crippen LogP contribution in [0.25, 0.3) is 0 Å². The summed E-state index contributed by atoms with van der Waals surface area (Å²) < 4.78 is 0. The molecule has 0 fully saturated rings. The molecule has 0 aliphatic carbocycles. The van der Waals surface area contributed by atoms with Crippen LogP contribution < -0.4 is 0 Å². The van der Waals surface area contributed by atoms with Gasteiger partial charge < -0.3 is 0 Å². The van der Waals surface area contributed by atoms with Gasteiger partial charge in [0, 0.05) is 0 Å². The molecular weight excluding hydrogens is 432 g/mol. The highest BCUT2D eigenvalue weighted by molar-refractivity contribution is 4.69. The van der Waals surface area contributed by atoms with Gasteiger partial charge in [0.2, 0.25) is 0 Å². The first-order valence-corrected chi connectivity index (χ1v) is 17.6. The van der Waals surface area contributed by atoms with Gasteiger partial charge in [0.05, 0.1) is 0 Å². The fraction of sp³-hybridized carbons (Fsp3) is 0.972. The van der Waals surface area contributed by atoms with Crippen LogP contribution in [0.2, 0.25) is 0 Å². The average Bonchev–Trinajstić information content (AvgIpc) is 2.88. The van der Waals surface area contributed by atoms with E-state index in [1.54, 1.807) is 0 Å². The van der Waals surface area contributed by atoms with E-state index in [9.17, 15) is 0 Å². The maximum absolute atomic E-state index is 2.61. The molecule has 0 nitrogen and oxygen atoms in total. The van der Waals surface area contributed by atoms with Crippen molar-refractivity contribution in [1.82, 2.24) is 0 Å². The molecule has 1 atom stereocenters. The third kappa shape index (κ3) is 32.0. The third-order valence-corrected chi connectivity index (χ3v) is 8.38. The van der Waals surface area contributed by atoms with Crippen LogP contribution >= 0.6 is 0 Å². The van der Waals surface area contributed by atoms with Crippen LogP contribution in [0.15, 0.2) is 0 Å². The molecule has 36 heavy (non-hydrogen) atoms. The van der Waals surface area contributed by atoms with Crippen molar-refractivity contribution in [2.45, 2.75) is 220 Å². The van der Waals surface area contributed by atoms with Crippen LogP contribution in [0.1, 0.15) is 220 Å². The first-order chi connectivity index (χ1) is 17.8. The maximum Gasteiger partial charge on any atom is -0.0383 e. The summed E-state index contributed by atoms with van der Waals surface area (Å²) in [5, 5.41) is 0. The summed E-state index contributed by atoms with van der Waals surface area (Å²) in [6.07, 6.45) is 47.8. The zero-order valence-electron chi connectivity index (χ0n) is 26.1. The summed E-state index contributed by atoms with van der Waals surface area (Å²) >= 11 is 0. The monoisotopic (exact) mass is 506 g/mol. The molecule has 0 saturated heterocycles. The van der Waals surface area contributed by atoms with Crippen molar-refractivity contribution in [2.24, 2.45) is 5.92 Å². The van der Waals surface area contributed by atoms with Crippen LogP contribution in [0.5, 0.6) is 0 Å². The molecule has 0 aliphatic heterocycles. The van der Waals surface area contributed by atoms with Crippen molar-refractivity contribution in [3.05, 3.63) is 6.42 Å². The van der Waals surface area contributed by atoms with Gasteiger partial charge in [-0.3, -0.25) is 0 Å². The molecule has 0 aromatic carbocycles. The number of hydrogen-bond acceptors (Lipinski definition) is 0. The minimum absolute atomic E-state index is 0.911. The lowest BCUT2D eigenvalue weighted by Gasteiger charge is -2.11. The van der Waals surface area contributed by atoms with Crippen molar-refractivity contribution >= 4 is 0 Å². The molecular formula is C36H73. The molecule has 1 radical (unpaired) electrons. The predicted octanol–water partition coefficient (Wildman–Crippen LogP) is 14.0. The number of unbranched alkanes of at least 4 members (excludes halogenated alkanes) is 28. The molecule has 0 aliphatic rings. The molecule has 0 heteroatoms. The first kappa shape index (κ1) is 36.0. The van der Waals surface area contributed by atoms with Gasteiger partial charge in [-0.15, -0.1) is 0 Å². The smallest absolute Gasteiger partial charge is 0.0383 e. The number of hydrogen-bond donors (Lipinski definition) is 0. The Balaban J connectivity index is 3.13. The summed E-state index contributed by atoms with van der Waals surface area (Å²) in [5.41, 5.74) is 0. The zero-order valence-corrected chi connectivity index (χ0v) is 26.1. The minimum atomic E-state index is 0.911. The van der Waals surface area contributed by atoms with Crippen molar-refractivity contribution in [2.75, 3.05) is 0 Å². The first-order valence-electron chi connectivity index (χ1n) is 17.6. The van der Waals surface area contributed by atoms with E-state index >= 15 is 0 Å². The highest BCUT2D eigenvalue weighted by Gasteiger charge is 2.02. The molecule has 0 saturated carbocycles. The van der Waals surface area contributed by atoms with Gasteiger partial charge in [0.1, 0.15) is 0 Å². The molecule has 0 aromatic rings. The zero-order chi connectivity index (χ0) is 26.2. The fourth-order valence-corrected chi connectivity index (χ4v) is 5.69. The van der Waals surface area contributed by atoms with Gasteiger partial charge in [-0.2, -0.15) is 0 Å². The topological polar surface area (TPSA) is 0 Å². The Kier molecular flexibility index (Phi) is 33.0. The fourth-order valence-electron chi connectivity index (χ4n) is 5.69. The Morgan fingerprint density at radius 2 is 0.639 bits per heavy atom. The van der Waals surface area contributed by atoms with Crippen LogP contribution in [0.4, 0.5) is 0 Å². The second-order valence-corrected chi connectivity index (χ2v) is 12.4. The van der Waals surface area contributed by atoms with E-state index in [1.165, 1.54) is 199 Å². The van der Waals surface area contributed by atoms with E-state index < -0.39 is 0 Å². The van der Waals surface area contributed by atoms with Gasteiger partial charge in [0.15, 0.2) is 0 Å². The van der Waals surface area contributed by atoms with E-state index in [-0.39, 0.29) is 0 Å². The van der Waals surface area contributed by atoms with Gasteiger partial charge in [-0.1, -0.05) is 213 Å². The van der Waals surface area contributed by atoms with Gasteiger partial charge in [0.25, 0.3) is 0 Å². The Hall–Kier alpha value is 0. The van der Waals surface area contributed by atoms with E-state index in [4.69, 9.17) is 0 Å². The lowest BCUT2D eigenvalue weighted by molar-refractivity contribution is 0.466. The molecule has 0 amide bonds. The Morgan fingerprint density at radius 3 is 0.972 bits per heavy atom. The van der Waals surface area contributed by atoms with Crippen molar-refractivity contribution in [3.63, 3.8) is 0 Å². The minimum Gasteiger partial charge on any atom is -0.0654 e. The van der Waals surface area contributed by atoms with E-state index in [1.807, 2.05) is 0 Å². The third-order valence-electron chi connectivity index (χ3n) is 8.38. The summed E-state index contributed by atoms with van der Waals surface area (Å²) in [4.78, 5) is 0. The highest BCUT2D eigenvalue weighted by atomic mass is 14.1. The van der Waals surface area contributed by atoms with Crippen molar-refractivity contribution in [1.29, 1.82) is 0 Å². The summed E-state index contributed by atoms with van der Waals surface area (Å²) in [7, 11) is 0. The molecule has 0 heterocycles. The van der Waals surface area contributed by atoms with Gasteiger partial charge in [-0.05, 0) is 18.8 Å². The summed E-state index contributed by atoms with van der Waals surface area (Å²) in [6.45, 7) is 7.09. The van der Waals surface area contributed by atoms with E-state index in [0.29, 0.717) is 0 Å². The standard InChI is InChI=1S/C36H73/c1-4-6-8-10-12-14-16-18-19-20-21-23-25-27-29-31-33-35-36(3)34-32-30-28-26-24-22-17-15-13-11-9-7-5-2/h33,36H,4-32,34-35H2,1-3H3. The molecule has 0 rings (SSSR count). The predicted molar refractivity (Wildman–Crippen MR) is 168 cm³/mol. The van der Waals surface area contributed by atoms with E-state index in [2.05, 4.69) is 27.2 Å². The van der Waals surface area contributed by atoms with E-state index in [0.717, 1.165) is 5.92 Å². The van der Waals surface area contributed by atoms with Crippen LogP contribution in [0, 0.1) is 12.3 Å². The largest absolute Gasteiger partial charge is 0.0654 e. The second-order valence-electron chi connectivity index (χ2n) is 12.4.